The van der Waals surface area contributed by atoms with Gasteiger partial charge in [-0.2, -0.15) is 0 Å². The Morgan fingerprint density at radius 2 is 2.08 bits per heavy atom. The van der Waals surface area contributed by atoms with E-state index in [1.165, 1.54) is 13.8 Å². The summed E-state index contributed by atoms with van der Waals surface area (Å²) in [5, 5.41) is 11.7. The molecule has 1 unspecified atom stereocenters. The lowest BCUT2D eigenvalue weighted by molar-refractivity contribution is -0.154. The first-order chi connectivity index (χ1) is 5.99. The summed E-state index contributed by atoms with van der Waals surface area (Å²) < 4.78 is 4.57. The molecule has 0 aromatic heterocycles. The van der Waals surface area contributed by atoms with Gasteiger partial charge in [0.15, 0.2) is 6.10 Å². The second-order valence-electron chi connectivity index (χ2n) is 2.69. The largest absolute Gasteiger partial charge is 0.464 e. The summed E-state index contributed by atoms with van der Waals surface area (Å²) in [4.78, 5) is 21.5. The maximum absolute atomic E-state index is 10.9. The van der Waals surface area contributed by atoms with Gasteiger partial charge in [0.05, 0.1) is 12.6 Å². The van der Waals surface area contributed by atoms with Crippen molar-refractivity contribution >= 4 is 11.9 Å². The highest BCUT2D eigenvalue weighted by Gasteiger charge is 2.23. The van der Waals surface area contributed by atoms with Crippen LogP contribution in [0.3, 0.4) is 0 Å². The van der Waals surface area contributed by atoms with Crippen molar-refractivity contribution in [3.63, 3.8) is 0 Å². The number of aliphatic hydroxyl groups is 1. The lowest BCUT2D eigenvalue weighted by Crippen LogP contribution is -2.44. The molecular weight excluding hydrogens is 174 g/mol. The van der Waals surface area contributed by atoms with E-state index in [1.54, 1.807) is 6.92 Å². The predicted molar refractivity (Wildman–Crippen MR) is 45.9 cm³/mol. The molecule has 0 spiro atoms. The van der Waals surface area contributed by atoms with Crippen molar-refractivity contribution in [3.8, 4) is 0 Å². The van der Waals surface area contributed by atoms with Crippen LogP contribution in [0, 0.1) is 0 Å². The fourth-order valence-electron chi connectivity index (χ4n) is 0.831. The van der Waals surface area contributed by atoms with E-state index in [2.05, 4.69) is 10.1 Å². The Labute approximate surface area is 77.1 Å². The van der Waals surface area contributed by atoms with Gasteiger partial charge in [-0.25, -0.2) is 4.79 Å². The number of rotatable bonds is 4. The van der Waals surface area contributed by atoms with Crippen LogP contribution in [0.4, 0.5) is 0 Å². The van der Waals surface area contributed by atoms with Gasteiger partial charge >= 0.3 is 5.97 Å². The number of carbonyl (C=O) groups excluding carboxylic acids is 2. The van der Waals surface area contributed by atoms with Gasteiger partial charge in [0.2, 0.25) is 5.91 Å². The molecule has 5 heteroatoms. The molecule has 0 bridgehead atoms. The third kappa shape index (κ3) is 4.47. The number of nitrogens with one attached hydrogen (secondary N) is 1. The Morgan fingerprint density at radius 3 is 2.46 bits per heavy atom. The molecule has 0 aromatic carbocycles. The number of carbonyl (C=O) groups is 2. The molecule has 0 radical (unpaired) electrons. The van der Waals surface area contributed by atoms with E-state index in [-0.39, 0.29) is 12.5 Å². The minimum atomic E-state index is -1.30. The molecule has 0 aliphatic heterocycles. The van der Waals surface area contributed by atoms with Crippen LogP contribution in [0.25, 0.3) is 0 Å². The summed E-state index contributed by atoms with van der Waals surface area (Å²) in [7, 11) is 0. The number of amides is 1. The molecule has 0 aromatic rings. The first kappa shape index (κ1) is 11.9. The molecule has 2 N–H and O–H groups in total. The first-order valence-electron chi connectivity index (χ1n) is 4.10. The average molecular weight is 189 g/mol. The smallest absolute Gasteiger partial charge is 0.337 e. The molecule has 5 nitrogen and oxygen atoms in total. The normalized spacial score (nSPS) is 14.5. The van der Waals surface area contributed by atoms with E-state index in [9.17, 15) is 14.7 Å². The number of hydrogen-bond donors (Lipinski definition) is 2. The second kappa shape index (κ2) is 5.53. The Kier molecular flexibility index (Phi) is 5.06. The van der Waals surface area contributed by atoms with Gasteiger partial charge in [-0.15, -0.1) is 0 Å². The lowest BCUT2D eigenvalue weighted by Gasteiger charge is -2.17. The number of aliphatic hydroxyl groups excluding tert-OH is 1. The van der Waals surface area contributed by atoms with Crippen LogP contribution < -0.4 is 5.32 Å². The molecule has 2 atom stereocenters. The van der Waals surface area contributed by atoms with Crippen molar-refractivity contribution in [1.29, 1.82) is 0 Å². The molecule has 0 saturated heterocycles. The zero-order chi connectivity index (χ0) is 10.4. The summed E-state index contributed by atoms with van der Waals surface area (Å²) in [6.45, 7) is 4.70. The Hall–Kier alpha value is -1.10. The minimum Gasteiger partial charge on any atom is -0.464 e. The van der Waals surface area contributed by atoms with Crippen LogP contribution in [0.1, 0.15) is 20.8 Å². The van der Waals surface area contributed by atoms with E-state index >= 15 is 0 Å². The van der Waals surface area contributed by atoms with Crippen LogP contribution in [0.5, 0.6) is 0 Å². The molecule has 13 heavy (non-hydrogen) atoms. The molecule has 0 aliphatic rings. The van der Waals surface area contributed by atoms with Crippen molar-refractivity contribution in [2.24, 2.45) is 0 Å². The van der Waals surface area contributed by atoms with E-state index in [0.29, 0.717) is 0 Å². The molecular formula is C8H15NO4. The third-order valence-corrected chi connectivity index (χ3v) is 1.43. The maximum Gasteiger partial charge on any atom is 0.337 e. The summed E-state index contributed by atoms with van der Waals surface area (Å²) in [5.41, 5.74) is 0. The SMILES string of the molecule is CCOC(=O)[C@@H](O)C(C)NC(C)=O. The Bertz CT molecular complexity index is 193. The zero-order valence-electron chi connectivity index (χ0n) is 8.03. The van der Waals surface area contributed by atoms with Crippen LogP contribution >= 0.6 is 0 Å². The van der Waals surface area contributed by atoms with Crippen molar-refractivity contribution in [3.05, 3.63) is 0 Å². The Morgan fingerprint density at radius 1 is 1.54 bits per heavy atom. The molecule has 0 fully saturated rings. The quantitative estimate of drug-likeness (QED) is 0.581. The highest BCUT2D eigenvalue weighted by atomic mass is 16.5. The maximum atomic E-state index is 10.9. The van der Waals surface area contributed by atoms with Crippen molar-refractivity contribution in [1.82, 2.24) is 5.32 Å². The molecule has 0 heterocycles. The number of ether oxygens (including phenoxy) is 1. The third-order valence-electron chi connectivity index (χ3n) is 1.43. The molecule has 76 valence electrons. The minimum absolute atomic E-state index is 0.211. The number of hydrogen-bond acceptors (Lipinski definition) is 4. The van der Waals surface area contributed by atoms with E-state index in [4.69, 9.17) is 0 Å². The van der Waals surface area contributed by atoms with Crippen LogP contribution in [-0.4, -0.2) is 35.7 Å². The van der Waals surface area contributed by atoms with Gasteiger partial charge in [-0.3, -0.25) is 4.79 Å². The molecule has 1 amide bonds. The second-order valence-corrected chi connectivity index (χ2v) is 2.69. The summed E-state index contributed by atoms with van der Waals surface area (Å²) in [6.07, 6.45) is -1.30. The van der Waals surface area contributed by atoms with Gasteiger partial charge in [-0.05, 0) is 13.8 Å². The first-order valence-corrected chi connectivity index (χ1v) is 4.10. The Balaban J connectivity index is 4.00. The van der Waals surface area contributed by atoms with Gasteiger partial charge in [0.1, 0.15) is 0 Å². The van der Waals surface area contributed by atoms with E-state index < -0.39 is 18.1 Å². The topological polar surface area (TPSA) is 75.6 Å². The average Bonchev–Trinajstić information content (AvgIpc) is 2.02. The summed E-state index contributed by atoms with van der Waals surface area (Å²) >= 11 is 0. The van der Waals surface area contributed by atoms with E-state index in [0.717, 1.165) is 0 Å². The van der Waals surface area contributed by atoms with Gasteiger partial charge in [0.25, 0.3) is 0 Å². The monoisotopic (exact) mass is 189 g/mol. The fraction of sp³-hybridized carbons (Fsp3) is 0.750. The van der Waals surface area contributed by atoms with Crippen molar-refractivity contribution in [2.75, 3.05) is 6.61 Å². The van der Waals surface area contributed by atoms with Crippen LogP contribution in [-0.2, 0) is 14.3 Å². The standard InChI is InChI=1S/C8H15NO4/c1-4-13-8(12)7(11)5(2)9-6(3)10/h5,7,11H,4H2,1-3H3,(H,9,10)/t5?,7-/m0/s1. The predicted octanol–water partition coefficient (Wildman–Crippen LogP) is -0.565. The van der Waals surface area contributed by atoms with E-state index in [1.807, 2.05) is 0 Å². The summed E-state index contributed by atoms with van der Waals surface area (Å²) in [5.74, 6) is -1.01. The van der Waals surface area contributed by atoms with Crippen LogP contribution in [0.15, 0.2) is 0 Å². The van der Waals surface area contributed by atoms with Crippen molar-refractivity contribution < 1.29 is 19.4 Å². The van der Waals surface area contributed by atoms with Gasteiger partial charge < -0.3 is 15.2 Å². The summed E-state index contributed by atoms with van der Waals surface area (Å²) in [6, 6.07) is -0.628. The van der Waals surface area contributed by atoms with Crippen LogP contribution in [0.2, 0.25) is 0 Å². The molecule has 0 rings (SSSR count). The number of esters is 1. The highest BCUT2D eigenvalue weighted by molar-refractivity contribution is 5.78. The zero-order valence-corrected chi connectivity index (χ0v) is 8.03. The molecule has 0 saturated carbocycles. The van der Waals surface area contributed by atoms with Gasteiger partial charge in [0, 0.05) is 6.92 Å². The van der Waals surface area contributed by atoms with Gasteiger partial charge in [-0.1, -0.05) is 0 Å². The molecule has 0 aliphatic carbocycles. The van der Waals surface area contributed by atoms with Crippen molar-refractivity contribution in [2.45, 2.75) is 32.9 Å². The lowest BCUT2D eigenvalue weighted by atomic mass is 10.2. The highest BCUT2D eigenvalue weighted by Crippen LogP contribution is 1.95. The fourth-order valence-corrected chi connectivity index (χ4v) is 0.831.